The van der Waals surface area contributed by atoms with E-state index in [4.69, 9.17) is 5.73 Å². The van der Waals surface area contributed by atoms with E-state index in [-0.39, 0.29) is 24.3 Å². The van der Waals surface area contributed by atoms with Crippen LogP contribution in [-0.2, 0) is 17.5 Å². The Bertz CT molecular complexity index is 485. The monoisotopic (exact) mass is 300 g/mol. The van der Waals surface area contributed by atoms with Crippen LogP contribution in [0.5, 0.6) is 0 Å². The van der Waals surface area contributed by atoms with E-state index in [1.54, 1.807) is 0 Å². The third-order valence-corrected chi connectivity index (χ3v) is 4.05. The van der Waals surface area contributed by atoms with Gasteiger partial charge in [-0.05, 0) is 43.0 Å². The standard InChI is InChI=1S/C15H19F3N2O/c16-15(17,18)12-6-4-10(5-7-12)9-20-14(21)13-3-1-2-11(13)8-19/h4-7,11,13H,1-3,8-9,19H2,(H,20,21). The first-order chi connectivity index (χ1) is 9.91. The summed E-state index contributed by atoms with van der Waals surface area (Å²) in [6.45, 7) is 0.739. The Balaban J connectivity index is 1.89. The molecule has 0 aliphatic heterocycles. The van der Waals surface area contributed by atoms with Crippen molar-refractivity contribution in [1.82, 2.24) is 5.32 Å². The van der Waals surface area contributed by atoms with E-state index < -0.39 is 11.7 Å². The molecule has 0 aromatic heterocycles. The fraction of sp³-hybridized carbons (Fsp3) is 0.533. The maximum absolute atomic E-state index is 12.4. The van der Waals surface area contributed by atoms with Crippen LogP contribution in [0.1, 0.15) is 30.4 Å². The number of carbonyl (C=O) groups is 1. The molecule has 1 saturated carbocycles. The predicted octanol–water partition coefficient (Wildman–Crippen LogP) is 2.70. The van der Waals surface area contributed by atoms with Gasteiger partial charge in [0.25, 0.3) is 0 Å². The molecular formula is C15H19F3N2O. The average Bonchev–Trinajstić information content (AvgIpc) is 2.92. The molecular weight excluding hydrogens is 281 g/mol. The molecule has 1 amide bonds. The second-order valence-corrected chi connectivity index (χ2v) is 5.45. The van der Waals surface area contributed by atoms with Gasteiger partial charge in [0.1, 0.15) is 0 Å². The number of hydrogen-bond donors (Lipinski definition) is 2. The van der Waals surface area contributed by atoms with Gasteiger partial charge in [-0.2, -0.15) is 13.2 Å². The zero-order valence-corrected chi connectivity index (χ0v) is 11.6. The normalized spacial score (nSPS) is 22.3. The second kappa shape index (κ2) is 6.47. The van der Waals surface area contributed by atoms with E-state index in [1.807, 2.05) is 0 Å². The lowest BCUT2D eigenvalue weighted by atomic mass is 9.95. The smallest absolute Gasteiger partial charge is 0.352 e. The molecule has 21 heavy (non-hydrogen) atoms. The lowest BCUT2D eigenvalue weighted by molar-refractivity contribution is -0.137. The summed E-state index contributed by atoms with van der Waals surface area (Å²) in [6.07, 6.45) is -1.53. The van der Waals surface area contributed by atoms with Crippen LogP contribution in [0.25, 0.3) is 0 Å². The SMILES string of the molecule is NCC1CCCC1C(=O)NCc1ccc(C(F)(F)F)cc1. The minimum absolute atomic E-state index is 0.0529. The van der Waals surface area contributed by atoms with Crippen molar-refractivity contribution in [3.63, 3.8) is 0 Å². The summed E-state index contributed by atoms with van der Waals surface area (Å²) in [5.74, 6) is 0.102. The minimum atomic E-state index is -4.33. The number of amides is 1. The Morgan fingerprint density at radius 3 is 2.48 bits per heavy atom. The molecule has 0 heterocycles. The molecule has 0 saturated heterocycles. The highest BCUT2D eigenvalue weighted by Gasteiger charge is 2.32. The van der Waals surface area contributed by atoms with Gasteiger partial charge in [0.15, 0.2) is 0 Å². The van der Waals surface area contributed by atoms with E-state index in [1.165, 1.54) is 12.1 Å². The number of carbonyl (C=O) groups excluding carboxylic acids is 1. The number of alkyl halides is 3. The maximum Gasteiger partial charge on any atom is 0.416 e. The summed E-state index contributed by atoms with van der Waals surface area (Å²) in [6, 6.07) is 4.83. The number of rotatable bonds is 4. The predicted molar refractivity (Wildman–Crippen MR) is 73.2 cm³/mol. The van der Waals surface area contributed by atoms with Crippen LogP contribution >= 0.6 is 0 Å². The van der Waals surface area contributed by atoms with Crippen molar-refractivity contribution in [2.24, 2.45) is 17.6 Å². The van der Waals surface area contributed by atoms with E-state index >= 15 is 0 Å². The van der Waals surface area contributed by atoms with Crippen LogP contribution < -0.4 is 11.1 Å². The molecule has 1 aliphatic carbocycles. The Morgan fingerprint density at radius 1 is 1.24 bits per heavy atom. The summed E-state index contributed by atoms with van der Waals surface area (Å²) in [5.41, 5.74) is 5.61. The molecule has 1 aliphatic rings. The molecule has 0 spiro atoms. The van der Waals surface area contributed by atoms with Gasteiger partial charge in [-0.15, -0.1) is 0 Å². The number of halogens is 3. The molecule has 116 valence electrons. The zero-order chi connectivity index (χ0) is 15.5. The molecule has 1 fully saturated rings. The number of benzene rings is 1. The molecule has 6 heteroatoms. The van der Waals surface area contributed by atoms with Gasteiger partial charge in [0, 0.05) is 12.5 Å². The van der Waals surface area contributed by atoms with E-state index in [9.17, 15) is 18.0 Å². The third kappa shape index (κ3) is 3.97. The summed E-state index contributed by atoms with van der Waals surface area (Å²) in [4.78, 5) is 12.1. The van der Waals surface area contributed by atoms with Gasteiger partial charge in [-0.25, -0.2) is 0 Å². The van der Waals surface area contributed by atoms with E-state index in [2.05, 4.69) is 5.32 Å². The van der Waals surface area contributed by atoms with Gasteiger partial charge in [-0.3, -0.25) is 4.79 Å². The molecule has 2 rings (SSSR count). The second-order valence-electron chi connectivity index (χ2n) is 5.45. The van der Waals surface area contributed by atoms with Crippen LogP contribution in [0.4, 0.5) is 13.2 Å². The quantitative estimate of drug-likeness (QED) is 0.898. The van der Waals surface area contributed by atoms with Crippen molar-refractivity contribution in [2.75, 3.05) is 6.54 Å². The Labute approximate surface area is 121 Å². The first-order valence-corrected chi connectivity index (χ1v) is 7.05. The van der Waals surface area contributed by atoms with Crippen molar-refractivity contribution < 1.29 is 18.0 Å². The molecule has 2 unspecified atom stereocenters. The summed E-state index contributed by atoms with van der Waals surface area (Å²) >= 11 is 0. The topological polar surface area (TPSA) is 55.1 Å². The van der Waals surface area contributed by atoms with Crippen molar-refractivity contribution in [2.45, 2.75) is 32.0 Å². The van der Waals surface area contributed by atoms with Gasteiger partial charge in [0.2, 0.25) is 5.91 Å². The number of nitrogens with two attached hydrogens (primary N) is 1. The third-order valence-electron chi connectivity index (χ3n) is 4.05. The Kier molecular flexibility index (Phi) is 4.88. The maximum atomic E-state index is 12.4. The van der Waals surface area contributed by atoms with Crippen molar-refractivity contribution in [3.05, 3.63) is 35.4 Å². The lowest BCUT2D eigenvalue weighted by Gasteiger charge is -2.17. The largest absolute Gasteiger partial charge is 0.416 e. The fourth-order valence-electron chi connectivity index (χ4n) is 2.80. The first-order valence-electron chi connectivity index (χ1n) is 7.05. The van der Waals surface area contributed by atoms with Crippen molar-refractivity contribution in [1.29, 1.82) is 0 Å². The highest BCUT2D eigenvalue weighted by Crippen LogP contribution is 2.31. The van der Waals surface area contributed by atoms with Gasteiger partial charge in [0.05, 0.1) is 5.56 Å². The molecule has 0 bridgehead atoms. The first kappa shape index (κ1) is 15.8. The lowest BCUT2D eigenvalue weighted by Crippen LogP contribution is -2.34. The average molecular weight is 300 g/mol. The molecule has 2 atom stereocenters. The summed E-state index contributed by atoms with van der Waals surface area (Å²) in [5, 5.41) is 2.79. The minimum Gasteiger partial charge on any atom is -0.352 e. The van der Waals surface area contributed by atoms with Crippen molar-refractivity contribution >= 4 is 5.91 Å². The van der Waals surface area contributed by atoms with Crippen LogP contribution in [0, 0.1) is 11.8 Å². The van der Waals surface area contributed by atoms with Gasteiger partial charge in [-0.1, -0.05) is 18.6 Å². The molecule has 1 aromatic rings. The van der Waals surface area contributed by atoms with Crippen LogP contribution in [0.15, 0.2) is 24.3 Å². The molecule has 3 N–H and O–H groups in total. The highest BCUT2D eigenvalue weighted by atomic mass is 19.4. The fourth-order valence-corrected chi connectivity index (χ4v) is 2.80. The Morgan fingerprint density at radius 2 is 1.90 bits per heavy atom. The summed E-state index contributed by atoms with van der Waals surface area (Å²) < 4.78 is 37.3. The molecule has 0 radical (unpaired) electrons. The van der Waals surface area contributed by atoms with Crippen molar-refractivity contribution in [3.8, 4) is 0 Å². The van der Waals surface area contributed by atoms with Gasteiger partial charge < -0.3 is 11.1 Å². The molecule has 1 aromatic carbocycles. The van der Waals surface area contributed by atoms with E-state index in [0.29, 0.717) is 12.1 Å². The zero-order valence-electron chi connectivity index (χ0n) is 11.6. The van der Waals surface area contributed by atoms with E-state index in [0.717, 1.165) is 31.4 Å². The molecule has 3 nitrogen and oxygen atoms in total. The van der Waals surface area contributed by atoms with Crippen LogP contribution in [0.3, 0.4) is 0 Å². The van der Waals surface area contributed by atoms with Gasteiger partial charge >= 0.3 is 6.18 Å². The summed E-state index contributed by atoms with van der Waals surface area (Å²) in [7, 11) is 0. The van der Waals surface area contributed by atoms with Crippen LogP contribution in [0.2, 0.25) is 0 Å². The van der Waals surface area contributed by atoms with Crippen LogP contribution in [-0.4, -0.2) is 12.5 Å². The Hall–Kier alpha value is -1.56. The number of hydrogen-bond acceptors (Lipinski definition) is 2. The highest BCUT2D eigenvalue weighted by molar-refractivity contribution is 5.79. The number of nitrogens with one attached hydrogen (secondary N) is 1.